The Hall–Kier alpha value is -4.27. The highest BCUT2D eigenvalue weighted by atomic mass is 32.2. The van der Waals surface area contributed by atoms with E-state index >= 15 is 0 Å². The Bertz CT molecular complexity index is 1960. The van der Waals surface area contributed by atoms with E-state index in [1.165, 1.54) is 59.3 Å². The van der Waals surface area contributed by atoms with Gasteiger partial charge in [0.15, 0.2) is 0 Å². The lowest BCUT2D eigenvalue weighted by atomic mass is 9.91. The first-order chi connectivity index (χ1) is 17.8. The fraction of sp³-hybridized carbons (Fsp3) is 0. The molecule has 0 spiro atoms. The van der Waals surface area contributed by atoms with Crippen molar-refractivity contribution in [2.45, 2.75) is 9.79 Å². The van der Waals surface area contributed by atoms with Crippen LogP contribution in [0.25, 0.3) is 66.1 Å². The number of hydrogen-bond donors (Lipinski definition) is 0. The van der Waals surface area contributed by atoms with Gasteiger partial charge in [0, 0.05) is 25.9 Å². The van der Waals surface area contributed by atoms with Gasteiger partial charge in [0.25, 0.3) is 0 Å². The second-order valence-electron chi connectivity index (χ2n) is 9.29. The molecule has 0 atom stereocenters. The summed E-state index contributed by atoms with van der Waals surface area (Å²) < 4.78 is 6.12. The van der Waals surface area contributed by atoms with Crippen molar-refractivity contribution in [1.29, 1.82) is 0 Å². The van der Waals surface area contributed by atoms with Crippen molar-refractivity contribution < 1.29 is 4.42 Å². The monoisotopic (exact) mass is 476 g/mol. The Morgan fingerprint density at radius 2 is 1.06 bits per heavy atom. The zero-order valence-corrected chi connectivity index (χ0v) is 20.2. The lowest BCUT2D eigenvalue weighted by Gasteiger charge is -2.21. The third kappa shape index (κ3) is 2.85. The number of rotatable bonds is 2. The molecule has 0 amide bonds. The maximum absolute atomic E-state index is 6.12. The molecule has 168 valence electrons. The summed E-state index contributed by atoms with van der Waals surface area (Å²) in [5.74, 6) is 0. The van der Waals surface area contributed by atoms with Gasteiger partial charge in [-0.3, -0.25) is 0 Å². The number of hydrogen-bond acceptors (Lipinski definition) is 2. The predicted molar refractivity (Wildman–Crippen MR) is 152 cm³/mol. The minimum Gasteiger partial charge on any atom is -0.456 e. The molecule has 7 aromatic rings. The van der Waals surface area contributed by atoms with Gasteiger partial charge < -0.3 is 4.42 Å². The lowest BCUT2D eigenvalue weighted by molar-refractivity contribution is 0.669. The van der Waals surface area contributed by atoms with Crippen molar-refractivity contribution in [3.8, 4) is 33.4 Å². The molecule has 0 bridgehead atoms. The Balaban J connectivity index is 1.28. The molecular weight excluding hydrogens is 456 g/mol. The van der Waals surface area contributed by atoms with Crippen molar-refractivity contribution in [3.05, 3.63) is 121 Å². The summed E-state index contributed by atoms with van der Waals surface area (Å²) in [4.78, 5) is 2.66. The molecule has 0 saturated carbocycles. The van der Waals surface area contributed by atoms with Gasteiger partial charge in [0.1, 0.15) is 11.2 Å². The van der Waals surface area contributed by atoms with Crippen LogP contribution in [0.1, 0.15) is 0 Å². The van der Waals surface area contributed by atoms with Gasteiger partial charge in [-0.05, 0) is 63.0 Å². The Kier molecular flexibility index (Phi) is 4.22. The number of furan rings is 1. The largest absolute Gasteiger partial charge is 0.456 e. The second-order valence-corrected chi connectivity index (χ2v) is 10.4. The zero-order valence-electron chi connectivity index (χ0n) is 19.4. The van der Waals surface area contributed by atoms with E-state index in [1.807, 2.05) is 23.9 Å². The van der Waals surface area contributed by atoms with Gasteiger partial charge in [-0.1, -0.05) is 109 Å². The normalized spacial score (nSPS) is 12.3. The van der Waals surface area contributed by atoms with E-state index in [9.17, 15) is 0 Å². The molecular formula is C34H20OS. The highest BCUT2D eigenvalue weighted by Gasteiger charge is 2.20. The van der Waals surface area contributed by atoms with Crippen LogP contribution in [0.2, 0.25) is 0 Å². The molecule has 1 nitrogen and oxygen atoms in total. The molecule has 0 radical (unpaired) electrons. The first-order valence-electron chi connectivity index (χ1n) is 12.2. The maximum Gasteiger partial charge on any atom is 0.136 e. The van der Waals surface area contributed by atoms with Gasteiger partial charge in [-0.25, -0.2) is 0 Å². The second kappa shape index (κ2) is 7.61. The zero-order chi connectivity index (χ0) is 23.6. The fourth-order valence-corrected chi connectivity index (χ4v) is 6.81. The molecule has 0 fully saturated rings. The highest BCUT2D eigenvalue weighted by molar-refractivity contribution is 7.99. The van der Waals surface area contributed by atoms with E-state index in [2.05, 4.69) is 109 Å². The summed E-state index contributed by atoms with van der Waals surface area (Å²) in [5.41, 5.74) is 9.42. The van der Waals surface area contributed by atoms with E-state index in [0.717, 1.165) is 16.6 Å². The Morgan fingerprint density at radius 1 is 0.389 bits per heavy atom. The molecule has 2 heterocycles. The predicted octanol–water partition coefficient (Wildman–Crippen LogP) is 10.2. The minimum atomic E-state index is 0.930. The van der Waals surface area contributed by atoms with Gasteiger partial charge in [0.2, 0.25) is 0 Å². The molecule has 1 aliphatic heterocycles. The van der Waals surface area contributed by atoms with Crippen LogP contribution in [0.4, 0.5) is 0 Å². The van der Waals surface area contributed by atoms with Gasteiger partial charge in [0.05, 0.1) is 0 Å². The minimum absolute atomic E-state index is 0.930. The average Bonchev–Trinajstić information content (AvgIpc) is 3.33. The van der Waals surface area contributed by atoms with E-state index in [-0.39, 0.29) is 0 Å². The standard InChI is InChI=1S/C34H20OS/c1-3-12-29-28(8-1)33-24(9-6-13-30(33)35-29)22-17-15-21(16-18-22)23-19-20-32-34-26(23)10-5-11-27(34)25-7-2-4-14-31(25)36-32/h1-20H. The third-order valence-electron chi connectivity index (χ3n) is 7.31. The number of fused-ring (bicyclic) bond motifs is 5. The molecule has 0 saturated heterocycles. The SMILES string of the molecule is c1ccc2c(c1)Sc1ccc(-c3ccc(-c4cccc5oc6ccccc6c45)cc3)c3cccc-2c13. The van der Waals surface area contributed by atoms with Crippen LogP contribution in [-0.4, -0.2) is 0 Å². The first kappa shape index (κ1) is 20.0. The van der Waals surface area contributed by atoms with Crippen LogP contribution in [0.5, 0.6) is 0 Å². The van der Waals surface area contributed by atoms with Crippen LogP contribution in [0.15, 0.2) is 136 Å². The quantitative estimate of drug-likeness (QED) is 0.246. The van der Waals surface area contributed by atoms with Crippen molar-refractivity contribution in [1.82, 2.24) is 0 Å². The fourth-order valence-electron chi connectivity index (χ4n) is 5.68. The summed E-state index contributed by atoms with van der Waals surface area (Å²) in [6, 6.07) is 43.6. The number of benzene rings is 6. The molecule has 8 rings (SSSR count). The van der Waals surface area contributed by atoms with Crippen LogP contribution in [0, 0.1) is 0 Å². The molecule has 1 aromatic heterocycles. The molecule has 6 aromatic carbocycles. The first-order valence-corrected chi connectivity index (χ1v) is 13.0. The maximum atomic E-state index is 6.12. The smallest absolute Gasteiger partial charge is 0.136 e. The van der Waals surface area contributed by atoms with Crippen LogP contribution >= 0.6 is 11.8 Å². The van der Waals surface area contributed by atoms with Crippen LogP contribution in [0.3, 0.4) is 0 Å². The van der Waals surface area contributed by atoms with Crippen LogP contribution < -0.4 is 0 Å². The van der Waals surface area contributed by atoms with Crippen molar-refractivity contribution in [3.63, 3.8) is 0 Å². The van der Waals surface area contributed by atoms with E-state index in [4.69, 9.17) is 4.42 Å². The average molecular weight is 477 g/mol. The summed E-state index contributed by atoms with van der Waals surface area (Å²) in [6.07, 6.45) is 0. The van der Waals surface area contributed by atoms with E-state index in [1.54, 1.807) is 0 Å². The molecule has 2 heteroatoms. The molecule has 1 aliphatic rings. The van der Waals surface area contributed by atoms with Crippen molar-refractivity contribution in [2.75, 3.05) is 0 Å². The van der Waals surface area contributed by atoms with Gasteiger partial charge in [-0.15, -0.1) is 0 Å². The van der Waals surface area contributed by atoms with Crippen molar-refractivity contribution >= 4 is 44.5 Å². The summed E-state index contributed by atoms with van der Waals surface area (Å²) in [5, 5.41) is 5.01. The molecule has 0 N–H and O–H groups in total. The lowest BCUT2D eigenvalue weighted by Crippen LogP contribution is -1.94. The summed E-state index contributed by atoms with van der Waals surface area (Å²) in [7, 11) is 0. The third-order valence-corrected chi connectivity index (χ3v) is 8.45. The number of para-hydroxylation sites is 1. The summed E-state index contributed by atoms with van der Waals surface area (Å²) in [6.45, 7) is 0. The molecule has 0 unspecified atom stereocenters. The van der Waals surface area contributed by atoms with Crippen LogP contribution in [-0.2, 0) is 0 Å². The Labute approximate surface area is 213 Å². The topological polar surface area (TPSA) is 13.1 Å². The summed E-state index contributed by atoms with van der Waals surface area (Å²) >= 11 is 1.87. The Morgan fingerprint density at radius 3 is 1.97 bits per heavy atom. The molecule has 36 heavy (non-hydrogen) atoms. The van der Waals surface area contributed by atoms with E-state index < -0.39 is 0 Å². The van der Waals surface area contributed by atoms with E-state index in [0.29, 0.717) is 0 Å². The van der Waals surface area contributed by atoms with Gasteiger partial charge in [-0.2, -0.15) is 0 Å². The van der Waals surface area contributed by atoms with Gasteiger partial charge >= 0.3 is 0 Å². The van der Waals surface area contributed by atoms with Crippen molar-refractivity contribution in [2.24, 2.45) is 0 Å². The highest BCUT2D eigenvalue weighted by Crippen LogP contribution is 2.49. The molecule has 0 aliphatic carbocycles.